The van der Waals surface area contributed by atoms with Crippen LogP contribution in [0.3, 0.4) is 0 Å². The Morgan fingerprint density at radius 2 is 1.79 bits per heavy atom. The molecule has 5 rings (SSSR count). The second-order valence-corrected chi connectivity index (χ2v) is 11.0. The van der Waals surface area contributed by atoms with Gasteiger partial charge >= 0.3 is 0 Å². The van der Waals surface area contributed by atoms with Crippen molar-refractivity contribution in [3.8, 4) is 11.1 Å². The average Bonchev–Trinajstić information content (AvgIpc) is 3.45. The maximum absolute atomic E-state index is 14.1. The maximum Gasteiger partial charge on any atom is 0.245 e. The van der Waals surface area contributed by atoms with Gasteiger partial charge in [-0.05, 0) is 93.3 Å². The van der Waals surface area contributed by atoms with Gasteiger partial charge in [-0.25, -0.2) is 4.39 Å². The summed E-state index contributed by atoms with van der Waals surface area (Å²) >= 11 is 0. The molecule has 38 heavy (non-hydrogen) atoms. The van der Waals surface area contributed by atoms with Crippen LogP contribution < -0.4 is 10.6 Å². The van der Waals surface area contributed by atoms with E-state index in [1.54, 1.807) is 7.05 Å². The van der Waals surface area contributed by atoms with Crippen molar-refractivity contribution in [3.63, 3.8) is 0 Å². The lowest BCUT2D eigenvalue weighted by Gasteiger charge is -2.36. The number of nitrogens with zero attached hydrogens (tertiary/aromatic N) is 2. The van der Waals surface area contributed by atoms with Gasteiger partial charge in [0.2, 0.25) is 11.8 Å². The summed E-state index contributed by atoms with van der Waals surface area (Å²) in [6, 6.07) is 11.9. The van der Waals surface area contributed by atoms with Gasteiger partial charge < -0.3 is 15.5 Å². The first-order valence-electron chi connectivity index (χ1n) is 14.2. The van der Waals surface area contributed by atoms with Crippen LogP contribution in [0.15, 0.2) is 47.5 Å². The summed E-state index contributed by atoms with van der Waals surface area (Å²) in [5.41, 5.74) is 5.24. The molecule has 0 aromatic heterocycles. The molecule has 2 amide bonds. The molecule has 2 aromatic carbocycles. The number of amides is 2. The maximum atomic E-state index is 14.1. The zero-order valence-electron chi connectivity index (χ0n) is 22.5. The van der Waals surface area contributed by atoms with Gasteiger partial charge in [0.05, 0.1) is 17.8 Å². The Morgan fingerprint density at radius 1 is 1.03 bits per heavy atom. The zero-order valence-corrected chi connectivity index (χ0v) is 22.5. The first-order valence-corrected chi connectivity index (χ1v) is 14.2. The van der Waals surface area contributed by atoms with Crippen molar-refractivity contribution in [1.29, 1.82) is 0 Å². The Labute approximate surface area is 228 Å². The van der Waals surface area contributed by atoms with Crippen LogP contribution in [0.4, 0.5) is 10.1 Å². The molecule has 6 nitrogen and oxygen atoms in total. The lowest BCUT2D eigenvalue weighted by molar-refractivity contribution is -0.138. The van der Waals surface area contributed by atoms with E-state index in [9.17, 15) is 14.0 Å². The number of benzene rings is 2. The van der Waals surface area contributed by atoms with Crippen LogP contribution in [0, 0.1) is 11.7 Å². The van der Waals surface area contributed by atoms with Crippen molar-refractivity contribution in [1.82, 2.24) is 15.5 Å². The molecular weight excluding hydrogens is 479 g/mol. The lowest BCUT2D eigenvalue weighted by Crippen LogP contribution is -2.57. The third kappa shape index (κ3) is 5.53. The number of carbonyl (C=O) groups is 2. The number of hydrogen-bond donors (Lipinski definition) is 2. The Kier molecular flexibility index (Phi) is 8.22. The number of halogens is 1. The monoisotopic (exact) mass is 522 g/mol. The van der Waals surface area contributed by atoms with E-state index >= 15 is 0 Å². The molecular formula is C31H43FN4O2. The SMILES string of the molecule is CNC(C)C(=O)NC(C(=O)N1CCCC1C1=Nc2cccc(-c3ccc(F)cc3)c2CC1)C1CCCCC1.[HH].[HH]. The van der Waals surface area contributed by atoms with Gasteiger partial charge in [0, 0.05) is 15.1 Å². The first-order chi connectivity index (χ1) is 18.5. The zero-order chi connectivity index (χ0) is 26.6. The van der Waals surface area contributed by atoms with Gasteiger partial charge in [-0.15, -0.1) is 0 Å². The van der Waals surface area contributed by atoms with Gasteiger partial charge in [-0.3, -0.25) is 14.6 Å². The van der Waals surface area contributed by atoms with E-state index in [4.69, 9.17) is 4.99 Å². The first kappa shape index (κ1) is 26.5. The van der Waals surface area contributed by atoms with Crippen LogP contribution >= 0.6 is 0 Å². The molecule has 2 aliphatic heterocycles. The van der Waals surface area contributed by atoms with Crippen LogP contribution in [0.1, 0.15) is 66.7 Å². The fourth-order valence-corrected chi connectivity index (χ4v) is 6.36. The van der Waals surface area contributed by atoms with Gasteiger partial charge in [0.1, 0.15) is 11.9 Å². The third-order valence-corrected chi connectivity index (χ3v) is 8.63. The van der Waals surface area contributed by atoms with Crippen molar-refractivity contribution in [2.24, 2.45) is 10.9 Å². The van der Waals surface area contributed by atoms with E-state index in [1.165, 1.54) is 24.1 Å². The summed E-state index contributed by atoms with van der Waals surface area (Å²) < 4.78 is 13.5. The van der Waals surface area contributed by atoms with Crippen LogP contribution in [0.5, 0.6) is 0 Å². The van der Waals surface area contributed by atoms with Crippen molar-refractivity contribution in [2.75, 3.05) is 13.6 Å². The van der Waals surface area contributed by atoms with E-state index in [1.807, 2.05) is 36.1 Å². The number of nitrogens with one attached hydrogen (secondary N) is 2. The van der Waals surface area contributed by atoms with Crippen LogP contribution in [0.25, 0.3) is 11.1 Å². The van der Waals surface area contributed by atoms with Gasteiger partial charge in [-0.2, -0.15) is 0 Å². The Morgan fingerprint density at radius 3 is 2.53 bits per heavy atom. The molecule has 0 bridgehead atoms. The highest BCUT2D eigenvalue weighted by Crippen LogP contribution is 2.37. The van der Waals surface area contributed by atoms with E-state index in [-0.39, 0.29) is 38.5 Å². The summed E-state index contributed by atoms with van der Waals surface area (Å²) in [4.78, 5) is 34.0. The van der Waals surface area contributed by atoms with E-state index in [2.05, 4.69) is 16.7 Å². The highest BCUT2D eigenvalue weighted by atomic mass is 19.1. The van der Waals surface area contributed by atoms with E-state index in [0.717, 1.165) is 73.9 Å². The molecule has 2 aromatic rings. The van der Waals surface area contributed by atoms with Crippen LogP contribution in [-0.2, 0) is 16.0 Å². The fraction of sp³-hybridized carbons (Fsp3) is 0.516. The number of hydrogen-bond acceptors (Lipinski definition) is 4. The second-order valence-electron chi connectivity index (χ2n) is 11.0. The Bertz CT molecular complexity index is 1200. The number of fused-ring (bicyclic) bond motifs is 1. The number of likely N-dealkylation sites (N-methyl/N-ethyl adjacent to an activating group) is 1. The summed E-state index contributed by atoms with van der Waals surface area (Å²) in [5, 5.41) is 6.12. The van der Waals surface area contributed by atoms with Crippen molar-refractivity contribution < 1.29 is 16.8 Å². The van der Waals surface area contributed by atoms with Crippen LogP contribution in [-0.4, -0.2) is 54.1 Å². The minimum atomic E-state index is -0.485. The fourth-order valence-electron chi connectivity index (χ4n) is 6.36. The average molecular weight is 523 g/mol. The van der Waals surface area contributed by atoms with Crippen molar-refractivity contribution in [2.45, 2.75) is 82.8 Å². The second kappa shape index (κ2) is 11.8. The van der Waals surface area contributed by atoms with Gasteiger partial charge in [-0.1, -0.05) is 43.5 Å². The number of rotatable bonds is 7. The van der Waals surface area contributed by atoms with E-state index < -0.39 is 6.04 Å². The minimum absolute atomic E-state index is 0. The topological polar surface area (TPSA) is 73.8 Å². The molecule has 1 saturated carbocycles. The predicted molar refractivity (Wildman–Crippen MR) is 153 cm³/mol. The molecule has 3 unspecified atom stereocenters. The Hall–Kier alpha value is -3.06. The standard InChI is InChI=1S/C31H39FN4O2.2H2/c1-20(33-2)30(37)35-29(22-8-4-3-5-9-22)31(38)36-19-7-12-28(36)27-18-17-25-24(10-6-11-26(25)34-27)21-13-15-23(32)16-14-21;;/h6,10-11,13-16,20,22,28-29,33H,3-5,7-9,12,17-19H2,1-2H3,(H,35,37);2*1H. The van der Waals surface area contributed by atoms with E-state index in [0.29, 0.717) is 6.54 Å². The molecule has 7 heteroatoms. The highest BCUT2D eigenvalue weighted by Gasteiger charge is 2.40. The normalized spacial score (nSPS) is 21.4. The number of aliphatic imine (C=N–C) groups is 1. The molecule has 2 N–H and O–H groups in total. The molecule has 2 fully saturated rings. The van der Waals surface area contributed by atoms with Gasteiger partial charge in [0.25, 0.3) is 0 Å². The highest BCUT2D eigenvalue weighted by molar-refractivity contribution is 5.99. The smallest absolute Gasteiger partial charge is 0.245 e. The number of carbonyl (C=O) groups excluding carboxylic acids is 2. The van der Waals surface area contributed by atoms with Crippen molar-refractivity contribution in [3.05, 3.63) is 53.8 Å². The summed E-state index contributed by atoms with van der Waals surface area (Å²) in [6.07, 6.45) is 8.82. The lowest BCUT2D eigenvalue weighted by atomic mass is 9.83. The summed E-state index contributed by atoms with van der Waals surface area (Å²) in [6.45, 7) is 2.52. The summed E-state index contributed by atoms with van der Waals surface area (Å²) in [7, 11) is 1.76. The largest absolute Gasteiger partial charge is 0.343 e. The third-order valence-electron chi connectivity index (χ3n) is 8.63. The molecule has 1 saturated heterocycles. The molecule has 206 valence electrons. The van der Waals surface area contributed by atoms with Crippen LogP contribution in [0.2, 0.25) is 0 Å². The van der Waals surface area contributed by atoms with Crippen molar-refractivity contribution >= 4 is 23.2 Å². The molecule has 0 radical (unpaired) electrons. The molecule has 1 aliphatic carbocycles. The minimum Gasteiger partial charge on any atom is -0.343 e. The van der Waals surface area contributed by atoms with Gasteiger partial charge in [0.15, 0.2) is 0 Å². The molecule has 2 heterocycles. The molecule has 3 atom stereocenters. The molecule has 0 spiro atoms. The molecule has 3 aliphatic rings. The quantitative estimate of drug-likeness (QED) is 0.492. The summed E-state index contributed by atoms with van der Waals surface area (Å²) in [5.74, 6) is -0.139. The predicted octanol–water partition coefficient (Wildman–Crippen LogP) is 5.67. The number of likely N-dealkylation sites (tertiary alicyclic amines) is 1. The Balaban J connectivity index is 0.00000220.